The van der Waals surface area contributed by atoms with Gasteiger partial charge in [-0.05, 0) is 24.3 Å². The first-order valence-corrected chi connectivity index (χ1v) is 11.4. The van der Waals surface area contributed by atoms with Gasteiger partial charge < -0.3 is 18.8 Å². The van der Waals surface area contributed by atoms with Crippen molar-refractivity contribution in [2.24, 2.45) is 0 Å². The average Bonchev–Trinajstić information content (AvgIpc) is 3.38. The summed E-state index contributed by atoms with van der Waals surface area (Å²) >= 11 is 0. The summed E-state index contributed by atoms with van der Waals surface area (Å²) in [4.78, 5) is 18.5. The summed E-state index contributed by atoms with van der Waals surface area (Å²) in [5.41, 5.74) is 1.35. The number of sulfonamides is 1. The maximum Gasteiger partial charge on any atom is 0.253 e. The Labute approximate surface area is 186 Å². The number of rotatable bonds is 6. The fraction of sp³-hybridized carbons (Fsp3) is 0.273. The molecule has 0 unspecified atom stereocenters. The molecule has 0 bridgehead atoms. The highest BCUT2D eigenvalue weighted by atomic mass is 32.2. The van der Waals surface area contributed by atoms with Crippen LogP contribution in [0.15, 0.2) is 64.4 Å². The number of ether oxygens (including phenoxy) is 2. The van der Waals surface area contributed by atoms with Gasteiger partial charge in [-0.1, -0.05) is 12.1 Å². The van der Waals surface area contributed by atoms with Crippen LogP contribution < -0.4 is 9.47 Å². The van der Waals surface area contributed by atoms with Gasteiger partial charge in [0.2, 0.25) is 10.0 Å². The molecular formula is C22H23N3O6S. The summed E-state index contributed by atoms with van der Waals surface area (Å²) in [5.74, 6) is 1.14. The first kappa shape index (κ1) is 21.8. The predicted molar refractivity (Wildman–Crippen MR) is 116 cm³/mol. The molecule has 4 rings (SSSR count). The number of aromatic nitrogens is 1. The van der Waals surface area contributed by atoms with E-state index in [0.29, 0.717) is 17.1 Å². The summed E-state index contributed by atoms with van der Waals surface area (Å²) in [6.45, 7) is 0.942. The molecule has 10 heteroatoms. The van der Waals surface area contributed by atoms with Gasteiger partial charge in [0.15, 0.2) is 12.2 Å². The Morgan fingerprint density at radius 3 is 2.31 bits per heavy atom. The van der Waals surface area contributed by atoms with Crippen molar-refractivity contribution < 1.29 is 27.1 Å². The van der Waals surface area contributed by atoms with Crippen molar-refractivity contribution in [1.29, 1.82) is 0 Å². The van der Waals surface area contributed by atoms with Crippen LogP contribution in [-0.4, -0.2) is 68.9 Å². The van der Waals surface area contributed by atoms with Crippen LogP contribution in [0, 0.1) is 0 Å². The van der Waals surface area contributed by atoms with Gasteiger partial charge in [-0.2, -0.15) is 4.31 Å². The fourth-order valence-electron chi connectivity index (χ4n) is 3.57. The Balaban J connectivity index is 1.45. The second kappa shape index (κ2) is 9.01. The molecule has 0 atom stereocenters. The summed E-state index contributed by atoms with van der Waals surface area (Å²) in [6.07, 6.45) is 2.96. The van der Waals surface area contributed by atoms with E-state index in [2.05, 4.69) is 4.98 Å². The minimum Gasteiger partial charge on any atom is -0.497 e. The number of carbonyl (C=O) groups is 1. The lowest BCUT2D eigenvalue weighted by atomic mass is 10.1. The van der Waals surface area contributed by atoms with Gasteiger partial charge in [0, 0.05) is 43.4 Å². The van der Waals surface area contributed by atoms with E-state index in [1.54, 1.807) is 47.5 Å². The average molecular weight is 458 g/mol. The molecular weight excluding hydrogens is 434 g/mol. The monoisotopic (exact) mass is 457 g/mol. The van der Waals surface area contributed by atoms with Gasteiger partial charge >= 0.3 is 0 Å². The van der Waals surface area contributed by atoms with E-state index >= 15 is 0 Å². The summed E-state index contributed by atoms with van der Waals surface area (Å²) < 4.78 is 43.4. The molecule has 168 valence electrons. The molecule has 2 aromatic carbocycles. The summed E-state index contributed by atoms with van der Waals surface area (Å²) in [5, 5.41) is 0. The standard InChI is InChI=1S/C22H23N3O6S/c1-29-18-7-8-19(30-2)21(13-18)32(27,28)25-11-9-24(10-12-25)22(26)17-5-3-16(4-6-17)20-14-23-15-31-20/h3-8,13-15H,9-12H2,1-2H3. The third-order valence-electron chi connectivity index (χ3n) is 5.36. The van der Waals surface area contributed by atoms with Crippen LogP contribution in [0.4, 0.5) is 0 Å². The molecule has 1 amide bonds. The molecule has 0 spiro atoms. The smallest absolute Gasteiger partial charge is 0.253 e. The lowest BCUT2D eigenvalue weighted by Gasteiger charge is -2.34. The molecule has 3 aromatic rings. The van der Waals surface area contributed by atoms with Gasteiger partial charge in [-0.15, -0.1) is 0 Å². The molecule has 32 heavy (non-hydrogen) atoms. The normalized spacial score (nSPS) is 14.9. The second-order valence-electron chi connectivity index (χ2n) is 7.16. The minimum atomic E-state index is -3.81. The molecule has 0 aliphatic carbocycles. The molecule has 0 N–H and O–H groups in total. The molecule has 0 radical (unpaired) electrons. The Hall–Kier alpha value is -3.37. The van der Waals surface area contributed by atoms with Crippen LogP contribution in [0.2, 0.25) is 0 Å². The van der Waals surface area contributed by atoms with Crippen molar-refractivity contribution in [2.45, 2.75) is 4.90 Å². The number of oxazole rings is 1. The molecule has 9 nitrogen and oxygen atoms in total. The SMILES string of the molecule is COc1ccc(OC)c(S(=O)(=O)N2CCN(C(=O)c3ccc(-c4cnco4)cc3)CC2)c1. The number of amides is 1. The third kappa shape index (κ3) is 4.19. The number of benzene rings is 2. The molecule has 1 aliphatic rings. The first-order chi connectivity index (χ1) is 15.4. The van der Waals surface area contributed by atoms with E-state index in [4.69, 9.17) is 13.9 Å². The topological polar surface area (TPSA) is 102 Å². The van der Waals surface area contributed by atoms with Crippen molar-refractivity contribution in [3.8, 4) is 22.8 Å². The fourth-order valence-corrected chi connectivity index (χ4v) is 5.17. The van der Waals surface area contributed by atoms with Crippen LogP contribution >= 0.6 is 0 Å². The highest BCUT2D eigenvalue weighted by Gasteiger charge is 2.32. The number of nitrogens with zero attached hydrogens (tertiary/aromatic N) is 3. The lowest BCUT2D eigenvalue weighted by Crippen LogP contribution is -2.50. The first-order valence-electron chi connectivity index (χ1n) is 9.94. The van der Waals surface area contributed by atoms with Crippen LogP contribution in [-0.2, 0) is 10.0 Å². The summed E-state index contributed by atoms with van der Waals surface area (Å²) in [6, 6.07) is 11.7. The lowest BCUT2D eigenvalue weighted by molar-refractivity contribution is 0.0698. The number of methoxy groups -OCH3 is 2. The van der Waals surface area contributed by atoms with E-state index in [-0.39, 0.29) is 42.7 Å². The maximum atomic E-state index is 13.2. The van der Waals surface area contributed by atoms with Crippen LogP contribution in [0.5, 0.6) is 11.5 Å². The number of hydrogen-bond donors (Lipinski definition) is 0. The van der Waals surface area contributed by atoms with E-state index in [0.717, 1.165) is 5.56 Å². The predicted octanol–water partition coefficient (Wildman–Crippen LogP) is 2.51. The second-order valence-corrected chi connectivity index (χ2v) is 9.06. The van der Waals surface area contributed by atoms with Crippen LogP contribution in [0.1, 0.15) is 10.4 Å². The molecule has 1 aromatic heterocycles. The van der Waals surface area contributed by atoms with Gasteiger partial charge in [-0.25, -0.2) is 13.4 Å². The largest absolute Gasteiger partial charge is 0.497 e. The molecule has 1 aliphatic heterocycles. The quantitative estimate of drug-likeness (QED) is 0.560. The Morgan fingerprint density at radius 1 is 1.00 bits per heavy atom. The van der Waals surface area contributed by atoms with Gasteiger partial charge in [0.1, 0.15) is 16.4 Å². The van der Waals surface area contributed by atoms with Gasteiger partial charge in [0.25, 0.3) is 5.91 Å². The third-order valence-corrected chi connectivity index (χ3v) is 7.28. The highest BCUT2D eigenvalue weighted by molar-refractivity contribution is 7.89. The molecule has 2 heterocycles. The minimum absolute atomic E-state index is 0.0436. The van der Waals surface area contributed by atoms with E-state index in [1.165, 1.54) is 31.0 Å². The van der Waals surface area contributed by atoms with Gasteiger partial charge in [-0.3, -0.25) is 4.79 Å². The zero-order valence-corrected chi connectivity index (χ0v) is 18.5. The molecule has 1 fully saturated rings. The van der Waals surface area contributed by atoms with Gasteiger partial charge in [0.05, 0.1) is 20.4 Å². The van der Waals surface area contributed by atoms with E-state index in [9.17, 15) is 13.2 Å². The maximum absolute atomic E-state index is 13.2. The van der Waals surface area contributed by atoms with Crippen molar-refractivity contribution in [1.82, 2.24) is 14.2 Å². The van der Waals surface area contributed by atoms with Crippen molar-refractivity contribution in [3.05, 3.63) is 60.6 Å². The summed E-state index contributed by atoms with van der Waals surface area (Å²) in [7, 11) is -0.913. The Morgan fingerprint density at radius 2 is 1.72 bits per heavy atom. The Bertz CT molecular complexity index is 1180. The van der Waals surface area contributed by atoms with Crippen LogP contribution in [0.3, 0.4) is 0 Å². The van der Waals surface area contributed by atoms with E-state index in [1.807, 2.05) is 0 Å². The zero-order valence-electron chi connectivity index (χ0n) is 17.7. The number of piperazine rings is 1. The highest BCUT2D eigenvalue weighted by Crippen LogP contribution is 2.31. The molecule has 1 saturated heterocycles. The number of hydrogen-bond acceptors (Lipinski definition) is 7. The van der Waals surface area contributed by atoms with Crippen molar-refractivity contribution in [3.63, 3.8) is 0 Å². The van der Waals surface area contributed by atoms with Crippen molar-refractivity contribution >= 4 is 15.9 Å². The van der Waals surface area contributed by atoms with Crippen LogP contribution in [0.25, 0.3) is 11.3 Å². The van der Waals surface area contributed by atoms with E-state index < -0.39 is 10.0 Å². The molecule has 0 saturated carbocycles. The number of carbonyl (C=O) groups excluding carboxylic acids is 1. The Kier molecular flexibility index (Phi) is 6.15. The van der Waals surface area contributed by atoms with Crippen molar-refractivity contribution in [2.75, 3.05) is 40.4 Å². The zero-order chi connectivity index (χ0) is 22.7.